The van der Waals surface area contributed by atoms with Gasteiger partial charge in [0.2, 0.25) is 5.91 Å². The van der Waals surface area contributed by atoms with Crippen molar-refractivity contribution in [3.63, 3.8) is 0 Å². The van der Waals surface area contributed by atoms with Crippen molar-refractivity contribution >= 4 is 17.7 Å². The topological polar surface area (TPSA) is 82.8 Å². The van der Waals surface area contributed by atoms with Gasteiger partial charge >= 0.3 is 0 Å². The third-order valence-corrected chi connectivity index (χ3v) is 6.68. The van der Waals surface area contributed by atoms with E-state index in [2.05, 4.69) is 6.07 Å². The number of amides is 1. The number of methoxy groups -OCH3 is 1. The van der Waals surface area contributed by atoms with Gasteiger partial charge in [0.05, 0.1) is 36.1 Å². The largest absolute Gasteiger partial charge is 0.497 e. The average molecular weight is 423 g/mol. The third kappa shape index (κ3) is 3.32. The summed E-state index contributed by atoms with van der Waals surface area (Å²) in [4.78, 5) is 14.6. The Kier molecular flexibility index (Phi) is 5.46. The first-order chi connectivity index (χ1) is 14.5. The van der Waals surface area contributed by atoms with Gasteiger partial charge in [0, 0.05) is 17.9 Å². The maximum absolute atomic E-state index is 13.2. The maximum Gasteiger partial charge on any atom is 0.231 e. The molecule has 2 aromatic carbocycles. The van der Waals surface area contributed by atoms with Crippen LogP contribution in [0.1, 0.15) is 30.4 Å². The van der Waals surface area contributed by atoms with Crippen LogP contribution in [0.5, 0.6) is 11.5 Å². The summed E-state index contributed by atoms with van der Waals surface area (Å²) in [6, 6.07) is 16.8. The van der Waals surface area contributed by atoms with E-state index in [1.165, 1.54) is 16.7 Å². The summed E-state index contributed by atoms with van der Waals surface area (Å²) in [6.07, 6.45) is 0.124. The third-order valence-electron chi connectivity index (χ3n) is 5.46. The standard InChI is InChI=1S/C23H22N2O4S/c1-3-29-18-10-6-16(7-11-18)23(27)14-30-22-20(13-24)19(12-21(26)25(22)23)15-4-8-17(28-2)9-5-15/h4-11,19,27H,3,12,14H2,1-2H3/t19-,23+/m0/s1. The number of benzene rings is 2. The molecule has 0 saturated carbocycles. The molecule has 2 atom stereocenters. The minimum atomic E-state index is -1.49. The number of fused-ring (bicyclic) bond motifs is 1. The highest BCUT2D eigenvalue weighted by Gasteiger charge is 2.51. The van der Waals surface area contributed by atoms with Crippen LogP contribution in [0.15, 0.2) is 59.1 Å². The first-order valence-corrected chi connectivity index (χ1v) is 10.7. The van der Waals surface area contributed by atoms with Gasteiger partial charge in [-0.05, 0) is 36.8 Å². The van der Waals surface area contributed by atoms with Gasteiger partial charge in [0.15, 0.2) is 5.72 Å². The lowest BCUT2D eigenvalue weighted by Gasteiger charge is -2.38. The van der Waals surface area contributed by atoms with Crippen molar-refractivity contribution in [1.82, 2.24) is 4.90 Å². The van der Waals surface area contributed by atoms with Crippen LogP contribution in [0.4, 0.5) is 0 Å². The first-order valence-electron chi connectivity index (χ1n) is 9.71. The summed E-state index contributed by atoms with van der Waals surface area (Å²) in [7, 11) is 1.59. The molecule has 0 aliphatic carbocycles. The van der Waals surface area contributed by atoms with Crippen molar-refractivity contribution in [3.05, 3.63) is 70.3 Å². The number of nitrogens with zero attached hydrogens (tertiary/aromatic N) is 2. The Hall–Kier alpha value is -2.95. The Morgan fingerprint density at radius 1 is 1.20 bits per heavy atom. The second-order valence-corrected chi connectivity index (χ2v) is 8.12. The molecule has 2 aliphatic rings. The molecule has 1 N–H and O–H groups in total. The summed E-state index contributed by atoms with van der Waals surface area (Å²) < 4.78 is 10.7. The van der Waals surface area contributed by atoms with E-state index in [1.54, 1.807) is 31.4 Å². The minimum absolute atomic E-state index is 0.124. The molecule has 7 heteroatoms. The van der Waals surface area contributed by atoms with Gasteiger partial charge in [-0.2, -0.15) is 5.26 Å². The summed E-state index contributed by atoms with van der Waals surface area (Å²) >= 11 is 1.34. The average Bonchev–Trinajstić information content (AvgIpc) is 3.13. The molecule has 4 rings (SSSR count). The summed E-state index contributed by atoms with van der Waals surface area (Å²) in [5, 5.41) is 21.9. The number of allylic oxidation sites excluding steroid dienone is 1. The Bertz CT molecular complexity index is 1030. The zero-order valence-corrected chi connectivity index (χ0v) is 17.6. The number of nitriles is 1. The molecular weight excluding hydrogens is 400 g/mol. The van der Waals surface area contributed by atoms with Crippen molar-refractivity contribution in [2.45, 2.75) is 25.0 Å². The van der Waals surface area contributed by atoms with Crippen LogP contribution < -0.4 is 9.47 Å². The van der Waals surface area contributed by atoms with Crippen LogP contribution in [-0.2, 0) is 10.5 Å². The van der Waals surface area contributed by atoms with E-state index in [-0.39, 0.29) is 24.0 Å². The van der Waals surface area contributed by atoms with E-state index in [9.17, 15) is 15.2 Å². The number of thioether (sulfide) groups is 1. The van der Waals surface area contributed by atoms with Gasteiger partial charge < -0.3 is 14.6 Å². The van der Waals surface area contributed by atoms with Gasteiger partial charge in [-0.1, -0.05) is 24.3 Å². The number of hydrogen-bond acceptors (Lipinski definition) is 6. The SMILES string of the molecule is CCOc1ccc([C@]2(O)CSC3=C(C#N)[C@H](c4ccc(OC)cc4)CC(=O)N32)cc1. The molecule has 6 nitrogen and oxygen atoms in total. The number of carbonyl (C=O) groups excluding carboxylic acids is 1. The molecule has 0 aromatic heterocycles. The Labute approximate surface area is 179 Å². The smallest absolute Gasteiger partial charge is 0.231 e. The van der Waals surface area contributed by atoms with Crippen LogP contribution in [0.25, 0.3) is 0 Å². The zero-order valence-electron chi connectivity index (χ0n) is 16.8. The Morgan fingerprint density at radius 2 is 1.87 bits per heavy atom. The summed E-state index contributed by atoms with van der Waals surface area (Å²) in [6.45, 7) is 2.45. The first kappa shape index (κ1) is 20.3. The van der Waals surface area contributed by atoms with Crippen molar-refractivity contribution in [2.75, 3.05) is 19.5 Å². The monoisotopic (exact) mass is 422 g/mol. The Morgan fingerprint density at radius 3 is 2.47 bits per heavy atom. The maximum atomic E-state index is 13.2. The highest BCUT2D eigenvalue weighted by atomic mass is 32.2. The summed E-state index contributed by atoms with van der Waals surface area (Å²) in [5.74, 6) is 1.14. The van der Waals surface area contributed by atoms with E-state index >= 15 is 0 Å². The molecule has 2 aromatic rings. The van der Waals surface area contributed by atoms with Gasteiger partial charge in [-0.3, -0.25) is 9.69 Å². The van der Waals surface area contributed by atoms with Crippen LogP contribution in [0.2, 0.25) is 0 Å². The molecule has 2 heterocycles. The van der Waals surface area contributed by atoms with Gasteiger partial charge in [0.1, 0.15) is 11.5 Å². The molecule has 1 saturated heterocycles. The van der Waals surface area contributed by atoms with E-state index in [0.717, 1.165) is 5.56 Å². The van der Waals surface area contributed by atoms with Crippen molar-refractivity contribution in [3.8, 4) is 17.6 Å². The fourth-order valence-electron chi connectivity index (χ4n) is 3.94. The van der Waals surface area contributed by atoms with E-state index < -0.39 is 5.72 Å². The van der Waals surface area contributed by atoms with Crippen LogP contribution in [0.3, 0.4) is 0 Å². The lowest BCUT2D eigenvalue weighted by Crippen LogP contribution is -2.48. The second-order valence-electron chi connectivity index (χ2n) is 7.15. The van der Waals surface area contributed by atoms with Crippen LogP contribution >= 0.6 is 11.8 Å². The quantitative estimate of drug-likeness (QED) is 0.790. The molecule has 1 fully saturated rings. The molecular formula is C23H22N2O4S. The van der Waals surface area contributed by atoms with Crippen molar-refractivity contribution < 1.29 is 19.4 Å². The number of rotatable bonds is 5. The molecule has 30 heavy (non-hydrogen) atoms. The number of aliphatic hydroxyl groups is 1. The predicted molar refractivity (Wildman–Crippen MR) is 114 cm³/mol. The lowest BCUT2D eigenvalue weighted by atomic mass is 9.85. The fraction of sp³-hybridized carbons (Fsp3) is 0.304. The second kappa shape index (κ2) is 8.05. The molecule has 0 spiro atoms. The number of hydrogen-bond donors (Lipinski definition) is 1. The number of carbonyl (C=O) groups is 1. The van der Waals surface area contributed by atoms with Crippen LogP contribution in [0, 0.1) is 11.3 Å². The van der Waals surface area contributed by atoms with Crippen molar-refractivity contribution in [1.29, 1.82) is 5.26 Å². The number of ether oxygens (including phenoxy) is 2. The normalized spacial score (nSPS) is 23.2. The molecule has 0 radical (unpaired) electrons. The molecule has 0 bridgehead atoms. The van der Waals surface area contributed by atoms with Gasteiger partial charge in [-0.15, -0.1) is 11.8 Å². The zero-order chi connectivity index (χ0) is 21.3. The summed E-state index contributed by atoms with van der Waals surface area (Å²) in [5.41, 5.74) is 0.494. The molecule has 0 unspecified atom stereocenters. The Balaban J connectivity index is 1.71. The molecule has 154 valence electrons. The predicted octanol–water partition coefficient (Wildman–Crippen LogP) is 3.74. The van der Waals surface area contributed by atoms with Crippen molar-refractivity contribution in [2.24, 2.45) is 0 Å². The van der Waals surface area contributed by atoms with Gasteiger partial charge in [-0.25, -0.2) is 0 Å². The highest BCUT2D eigenvalue weighted by Crippen LogP contribution is 2.51. The van der Waals surface area contributed by atoms with E-state index in [0.29, 0.717) is 34.3 Å². The van der Waals surface area contributed by atoms with Crippen LogP contribution in [-0.4, -0.2) is 35.4 Å². The molecule has 1 amide bonds. The fourth-order valence-corrected chi connectivity index (χ4v) is 5.30. The minimum Gasteiger partial charge on any atom is -0.497 e. The molecule has 2 aliphatic heterocycles. The van der Waals surface area contributed by atoms with E-state index in [4.69, 9.17) is 9.47 Å². The van der Waals surface area contributed by atoms with E-state index in [1.807, 2.05) is 31.2 Å². The lowest BCUT2D eigenvalue weighted by molar-refractivity contribution is -0.149. The highest BCUT2D eigenvalue weighted by molar-refractivity contribution is 8.03. The van der Waals surface area contributed by atoms with Gasteiger partial charge in [0.25, 0.3) is 0 Å².